The van der Waals surface area contributed by atoms with E-state index in [1.807, 2.05) is 0 Å². The molecule has 1 heterocycles. The van der Waals surface area contributed by atoms with E-state index in [0.717, 1.165) is 0 Å². The molecular weight excluding hydrogens is 336 g/mol. The fraction of sp³-hybridized carbons (Fsp3) is 0.158. The summed E-state index contributed by atoms with van der Waals surface area (Å²) in [6.07, 6.45) is 0. The Balaban J connectivity index is 1.72. The van der Waals surface area contributed by atoms with Gasteiger partial charge in [-0.15, -0.1) is 0 Å². The maximum absolute atomic E-state index is 12.0. The number of nitrogens with zero attached hydrogens (tertiary/aromatic N) is 1. The zero-order valence-corrected chi connectivity index (χ0v) is 14.4. The molecule has 0 atom stereocenters. The third-order valence-electron chi connectivity index (χ3n) is 3.51. The van der Waals surface area contributed by atoms with Gasteiger partial charge in [-0.1, -0.05) is 0 Å². The predicted molar refractivity (Wildman–Crippen MR) is 94.0 cm³/mol. The molecule has 0 saturated heterocycles. The molecule has 0 spiro atoms. The summed E-state index contributed by atoms with van der Waals surface area (Å²) < 4.78 is 16.4. The van der Waals surface area contributed by atoms with E-state index in [9.17, 15) is 9.90 Å². The Labute approximate surface area is 150 Å². The van der Waals surface area contributed by atoms with E-state index < -0.39 is 5.97 Å². The lowest BCUT2D eigenvalue weighted by Gasteiger charge is -2.08. The van der Waals surface area contributed by atoms with Gasteiger partial charge < -0.3 is 19.3 Å². The number of hydrogen-bond donors (Lipinski definition) is 2. The van der Waals surface area contributed by atoms with E-state index in [2.05, 4.69) is 10.2 Å². The largest absolute Gasteiger partial charge is 0.508 e. The summed E-state index contributed by atoms with van der Waals surface area (Å²) >= 11 is 0. The zero-order valence-electron chi connectivity index (χ0n) is 14.4. The number of benzene rings is 2. The van der Waals surface area contributed by atoms with Crippen LogP contribution in [0.25, 0.3) is 0 Å². The third-order valence-corrected chi connectivity index (χ3v) is 3.51. The Morgan fingerprint density at radius 3 is 2.12 bits per heavy atom. The number of aryl methyl sites for hydroxylation is 1. The molecule has 0 bridgehead atoms. The van der Waals surface area contributed by atoms with Crippen LogP contribution in [0.15, 0.2) is 48.5 Å². The maximum atomic E-state index is 12.0. The highest BCUT2D eigenvalue weighted by atomic mass is 16.5. The number of nitrogens with one attached hydrogen (secondary N) is 1. The molecule has 1 aromatic heterocycles. The van der Waals surface area contributed by atoms with Gasteiger partial charge in [-0.2, -0.15) is 5.10 Å². The summed E-state index contributed by atoms with van der Waals surface area (Å²) in [6, 6.07) is 13.3. The normalized spacial score (nSPS) is 10.4. The van der Waals surface area contributed by atoms with E-state index in [0.29, 0.717) is 22.9 Å². The Morgan fingerprint density at radius 2 is 1.54 bits per heavy atom. The molecule has 0 aliphatic rings. The highest BCUT2D eigenvalue weighted by molar-refractivity contribution is 5.93. The number of phenolic OH excluding ortho intramolecular Hbond substituents is 1. The molecule has 3 rings (SSSR count). The van der Waals surface area contributed by atoms with Crippen molar-refractivity contribution in [2.75, 3.05) is 6.61 Å². The van der Waals surface area contributed by atoms with Gasteiger partial charge in [-0.3, -0.25) is 0 Å². The first kappa shape index (κ1) is 17.3. The van der Waals surface area contributed by atoms with E-state index in [1.54, 1.807) is 62.4 Å². The van der Waals surface area contributed by atoms with Crippen LogP contribution in [-0.4, -0.2) is 27.9 Å². The number of esters is 1. The summed E-state index contributed by atoms with van der Waals surface area (Å²) in [5, 5.41) is 16.0. The predicted octanol–water partition coefficient (Wildman–Crippen LogP) is 4.19. The molecule has 0 aliphatic heterocycles. The topological polar surface area (TPSA) is 93.7 Å². The summed E-state index contributed by atoms with van der Waals surface area (Å²) in [5.41, 5.74) is 0.780. The number of H-pyrrole nitrogens is 1. The number of carbonyl (C=O) groups excluding carboxylic acids is 1. The second-order valence-electron chi connectivity index (χ2n) is 5.40. The minimum atomic E-state index is -0.485. The van der Waals surface area contributed by atoms with Gasteiger partial charge in [0.15, 0.2) is 0 Å². The fourth-order valence-corrected chi connectivity index (χ4v) is 2.27. The van der Waals surface area contributed by atoms with Crippen LogP contribution in [0.1, 0.15) is 23.0 Å². The first-order valence-electron chi connectivity index (χ1n) is 8.03. The molecule has 2 aromatic carbocycles. The molecule has 0 aliphatic carbocycles. The first-order valence-corrected chi connectivity index (χ1v) is 8.03. The number of carbonyl (C=O) groups is 1. The standard InChI is InChI=1S/C19H18N2O5/c1-3-24-19(23)17-12(2)20-21-18(17)26-16-10-8-15(9-11-16)25-14-6-4-13(22)5-7-14/h4-11,22H,3H2,1-2H3,(H,20,21). The highest BCUT2D eigenvalue weighted by Gasteiger charge is 2.21. The molecule has 0 unspecified atom stereocenters. The minimum Gasteiger partial charge on any atom is -0.508 e. The molecule has 7 nitrogen and oxygen atoms in total. The Kier molecular flexibility index (Phi) is 5.07. The van der Waals surface area contributed by atoms with Crippen LogP contribution in [0, 0.1) is 6.92 Å². The van der Waals surface area contributed by atoms with Crippen LogP contribution in [0.3, 0.4) is 0 Å². The Hall–Kier alpha value is -3.48. The fourth-order valence-electron chi connectivity index (χ4n) is 2.27. The number of aromatic hydroxyl groups is 1. The summed E-state index contributed by atoms with van der Waals surface area (Å²) in [6.45, 7) is 3.71. The number of aromatic amines is 1. The smallest absolute Gasteiger partial charge is 0.345 e. The maximum Gasteiger partial charge on any atom is 0.345 e. The third kappa shape index (κ3) is 3.94. The van der Waals surface area contributed by atoms with Crippen LogP contribution in [-0.2, 0) is 4.74 Å². The van der Waals surface area contributed by atoms with Crippen molar-refractivity contribution >= 4 is 5.97 Å². The van der Waals surface area contributed by atoms with E-state index in [1.165, 1.54) is 0 Å². The van der Waals surface area contributed by atoms with Crippen LogP contribution in [0.4, 0.5) is 0 Å². The van der Waals surface area contributed by atoms with Gasteiger partial charge in [0.1, 0.15) is 28.6 Å². The van der Waals surface area contributed by atoms with Gasteiger partial charge in [0.25, 0.3) is 0 Å². The van der Waals surface area contributed by atoms with Gasteiger partial charge in [-0.05, 0) is 62.4 Å². The lowest BCUT2D eigenvalue weighted by atomic mass is 10.2. The van der Waals surface area contributed by atoms with Crippen molar-refractivity contribution < 1.29 is 24.1 Å². The summed E-state index contributed by atoms with van der Waals surface area (Å²) in [5.74, 6) is 1.64. The molecular formula is C19H18N2O5. The number of ether oxygens (including phenoxy) is 3. The van der Waals surface area contributed by atoms with E-state index in [-0.39, 0.29) is 23.8 Å². The minimum absolute atomic E-state index is 0.174. The molecule has 0 amide bonds. The first-order chi connectivity index (χ1) is 12.6. The molecule has 7 heteroatoms. The quantitative estimate of drug-likeness (QED) is 0.645. The molecule has 0 radical (unpaired) electrons. The zero-order chi connectivity index (χ0) is 18.5. The Morgan fingerprint density at radius 1 is 1.00 bits per heavy atom. The van der Waals surface area contributed by atoms with Crippen molar-refractivity contribution in [3.8, 4) is 28.9 Å². The molecule has 0 fully saturated rings. The number of rotatable bonds is 6. The average molecular weight is 354 g/mol. The number of phenols is 1. The van der Waals surface area contributed by atoms with E-state index >= 15 is 0 Å². The SMILES string of the molecule is CCOC(=O)c1c(C)n[nH]c1Oc1ccc(Oc2ccc(O)cc2)cc1. The molecule has 2 N–H and O–H groups in total. The van der Waals surface area contributed by atoms with Crippen LogP contribution in [0.5, 0.6) is 28.9 Å². The number of aromatic nitrogens is 2. The molecule has 3 aromatic rings. The van der Waals surface area contributed by atoms with Crippen molar-refractivity contribution in [3.63, 3.8) is 0 Å². The Bertz CT molecular complexity index is 885. The van der Waals surface area contributed by atoms with E-state index in [4.69, 9.17) is 14.2 Å². The van der Waals surface area contributed by atoms with Crippen LogP contribution in [0.2, 0.25) is 0 Å². The lowest BCUT2D eigenvalue weighted by Crippen LogP contribution is -2.06. The average Bonchev–Trinajstić information content (AvgIpc) is 2.99. The summed E-state index contributed by atoms with van der Waals surface area (Å²) in [4.78, 5) is 12.0. The van der Waals surface area contributed by atoms with Crippen molar-refractivity contribution in [2.24, 2.45) is 0 Å². The van der Waals surface area contributed by atoms with Gasteiger partial charge >= 0.3 is 5.97 Å². The van der Waals surface area contributed by atoms with Gasteiger partial charge in [-0.25, -0.2) is 9.89 Å². The van der Waals surface area contributed by atoms with Crippen LogP contribution < -0.4 is 9.47 Å². The lowest BCUT2D eigenvalue weighted by molar-refractivity contribution is 0.0522. The molecule has 0 saturated carbocycles. The second kappa shape index (κ2) is 7.60. The van der Waals surface area contributed by atoms with Crippen molar-refractivity contribution in [3.05, 3.63) is 59.8 Å². The highest BCUT2D eigenvalue weighted by Crippen LogP contribution is 2.29. The van der Waals surface area contributed by atoms with Gasteiger partial charge in [0, 0.05) is 0 Å². The van der Waals surface area contributed by atoms with Crippen molar-refractivity contribution in [1.29, 1.82) is 0 Å². The van der Waals surface area contributed by atoms with Crippen LogP contribution >= 0.6 is 0 Å². The van der Waals surface area contributed by atoms with Gasteiger partial charge in [0.2, 0.25) is 5.88 Å². The van der Waals surface area contributed by atoms with Crippen molar-refractivity contribution in [2.45, 2.75) is 13.8 Å². The van der Waals surface area contributed by atoms with Crippen molar-refractivity contribution in [1.82, 2.24) is 10.2 Å². The molecule has 134 valence electrons. The number of hydrogen-bond acceptors (Lipinski definition) is 6. The summed E-state index contributed by atoms with van der Waals surface area (Å²) in [7, 11) is 0. The second-order valence-corrected chi connectivity index (χ2v) is 5.40. The monoisotopic (exact) mass is 354 g/mol. The molecule has 26 heavy (non-hydrogen) atoms. The van der Waals surface area contributed by atoms with Gasteiger partial charge in [0.05, 0.1) is 12.3 Å².